The second kappa shape index (κ2) is 13.0. The normalized spacial score (nSPS) is 11.5. The monoisotopic (exact) mass is 568 g/mol. The number of methoxy groups -OCH3 is 1. The van der Waals surface area contributed by atoms with Gasteiger partial charge in [-0.15, -0.1) is 11.3 Å². The number of nitrogen functional groups attached to an aromatic ring is 1. The van der Waals surface area contributed by atoms with Crippen molar-refractivity contribution in [1.82, 2.24) is 14.9 Å². The van der Waals surface area contributed by atoms with E-state index < -0.39 is 17.5 Å². The van der Waals surface area contributed by atoms with E-state index in [0.29, 0.717) is 49.9 Å². The standard InChI is InChI=1S/C29H33FN4O5S/c1-29(2,3)39-28(35)34(11-12-37-14-13-36-4)18-19-5-7-22(33-17-19)26-16-23-27(40-26)25(9-10-32-23)38-24-8-6-20(31)15-21(24)30/h5-10,15-17H,11-14,18,31H2,1-4H3. The Balaban J connectivity index is 1.49. The van der Waals surface area contributed by atoms with Gasteiger partial charge in [-0.1, -0.05) is 6.07 Å². The Kier molecular flexibility index (Phi) is 9.51. The molecule has 0 aliphatic carbocycles. The van der Waals surface area contributed by atoms with E-state index in [1.54, 1.807) is 36.5 Å². The highest BCUT2D eigenvalue weighted by molar-refractivity contribution is 7.22. The van der Waals surface area contributed by atoms with Crippen molar-refractivity contribution < 1.29 is 28.1 Å². The highest BCUT2D eigenvalue weighted by atomic mass is 32.1. The average molecular weight is 569 g/mol. The fourth-order valence-electron chi connectivity index (χ4n) is 3.70. The number of hydrogen-bond acceptors (Lipinski definition) is 9. The van der Waals surface area contributed by atoms with Gasteiger partial charge in [0.2, 0.25) is 0 Å². The van der Waals surface area contributed by atoms with Gasteiger partial charge >= 0.3 is 6.09 Å². The zero-order chi connectivity index (χ0) is 28.7. The van der Waals surface area contributed by atoms with E-state index >= 15 is 0 Å². The quantitative estimate of drug-likeness (QED) is 0.167. The van der Waals surface area contributed by atoms with Crippen LogP contribution in [0.3, 0.4) is 0 Å². The number of fused-ring (bicyclic) bond motifs is 1. The summed E-state index contributed by atoms with van der Waals surface area (Å²) >= 11 is 1.45. The first kappa shape index (κ1) is 29.2. The van der Waals surface area contributed by atoms with Crippen molar-refractivity contribution in [3.8, 4) is 22.1 Å². The van der Waals surface area contributed by atoms with Gasteiger partial charge in [0.15, 0.2) is 11.6 Å². The number of rotatable bonds is 11. The molecule has 0 aliphatic rings. The Labute approximate surface area is 236 Å². The van der Waals surface area contributed by atoms with Gasteiger partial charge in [-0.25, -0.2) is 9.18 Å². The Morgan fingerprint density at radius 1 is 1.05 bits per heavy atom. The average Bonchev–Trinajstić information content (AvgIpc) is 3.34. The molecule has 0 radical (unpaired) electrons. The first-order chi connectivity index (χ1) is 19.1. The van der Waals surface area contributed by atoms with Crippen LogP contribution in [-0.4, -0.2) is 60.0 Å². The van der Waals surface area contributed by atoms with E-state index in [-0.39, 0.29) is 5.75 Å². The maximum atomic E-state index is 14.3. The minimum atomic E-state index is -0.619. The van der Waals surface area contributed by atoms with Crippen LogP contribution < -0.4 is 10.5 Å². The Morgan fingerprint density at radius 3 is 2.58 bits per heavy atom. The largest absolute Gasteiger partial charge is 0.453 e. The minimum absolute atomic E-state index is 0.0813. The van der Waals surface area contributed by atoms with Crippen molar-refractivity contribution in [2.45, 2.75) is 32.9 Å². The van der Waals surface area contributed by atoms with Gasteiger partial charge in [0, 0.05) is 43.9 Å². The summed E-state index contributed by atoms with van der Waals surface area (Å²) in [7, 11) is 1.61. The summed E-state index contributed by atoms with van der Waals surface area (Å²) in [6.45, 7) is 7.45. The second-order valence-electron chi connectivity index (χ2n) is 9.98. The minimum Gasteiger partial charge on any atom is -0.453 e. The molecule has 3 aromatic heterocycles. The van der Waals surface area contributed by atoms with Crippen LogP contribution in [0.2, 0.25) is 0 Å². The molecule has 11 heteroatoms. The molecule has 212 valence electrons. The van der Waals surface area contributed by atoms with Crippen molar-refractivity contribution in [3.63, 3.8) is 0 Å². The number of ether oxygens (including phenoxy) is 4. The van der Waals surface area contributed by atoms with Gasteiger partial charge in [0.05, 0.1) is 47.2 Å². The Bertz CT molecular complexity index is 1440. The molecule has 0 aliphatic heterocycles. The van der Waals surface area contributed by atoms with Crippen LogP contribution in [0.15, 0.2) is 54.9 Å². The smallest absolute Gasteiger partial charge is 0.410 e. The lowest BCUT2D eigenvalue weighted by atomic mass is 10.2. The number of halogens is 1. The van der Waals surface area contributed by atoms with Crippen LogP contribution in [-0.2, 0) is 20.8 Å². The zero-order valence-corrected chi connectivity index (χ0v) is 23.8. The van der Waals surface area contributed by atoms with Crippen LogP contribution in [0.25, 0.3) is 20.8 Å². The lowest BCUT2D eigenvalue weighted by molar-refractivity contribution is 0.0119. The van der Waals surface area contributed by atoms with Gasteiger partial charge in [0.1, 0.15) is 11.4 Å². The van der Waals surface area contributed by atoms with E-state index in [0.717, 1.165) is 20.8 Å². The van der Waals surface area contributed by atoms with Crippen LogP contribution in [0.4, 0.5) is 14.9 Å². The number of nitrogens with zero attached hydrogens (tertiary/aromatic N) is 3. The zero-order valence-electron chi connectivity index (χ0n) is 23.0. The molecule has 0 bridgehead atoms. The van der Waals surface area contributed by atoms with Crippen molar-refractivity contribution in [2.24, 2.45) is 0 Å². The van der Waals surface area contributed by atoms with Crippen LogP contribution in [0, 0.1) is 5.82 Å². The van der Waals surface area contributed by atoms with Crippen molar-refractivity contribution in [3.05, 3.63) is 66.2 Å². The number of thiophene rings is 1. The Hall–Kier alpha value is -3.80. The number of pyridine rings is 2. The van der Waals surface area contributed by atoms with E-state index in [1.807, 2.05) is 39.0 Å². The van der Waals surface area contributed by atoms with Crippen molar-refractivity contribution in [1.29, 1.82) is 0 Å². The summed E-state index contributed by atoms with van der Waals surface area (Å²) in [5, 5.41) is 0. The van der Waals surface area contributed by atoms with E-state index in [1.165, 1.54) is 23.5 Å². The third kappa shape index (κ3) is 7.87. The molecule has 0 saturated carbocycles. The Morgan fingerprint density at radius 2 is 1.88 bits per heavy atom. The molecular formula is C29H33FN4O5S. The molecule has 0 spiro atoms. The number of aromatic nitrogens is 2. The number of carbonyl (C=O) groups excluding carboxylic acids is 1. The summed E-state index contributed by atoms with van der Waals surface area (Å²) in [4.78, 5) is 24.4. The number of nitrogens with two attached hydrogens (primary N) is 1. The van der Waals surface area contributed by atoms with Gasteiger partial charge in [-0.05, 0) is 50.6 Å². The maximum absolute atomic E-state index is 14.3. The van der Waals surface area contributed by atoms with E-state index in [4.69, 9.17) is 24.7 Å². The molecule has 0 unspecified atom stereocenters. The molecule has 1 amide bonds. The third-order valence-electron chi connectivity index (χ3n) is 5.59. The molecule has 3 heterocycles. The molecule has 2 N–H and O–H groups in total. The van der Waals surface area contributed by atoms with E-state index in [2.05, 4.69) is 9.97 Å². The molecule has 4 rings (SSSR count). The first-order valence-corrected chi connectivity index (χ1v) is 13.6. The molecule has 0 saturated heterocycles. The van der Waals surface area contributed by atoms with Crippen molar-refractivity contribution in [2.75, 3.05) is 39.2 Å². The number of hydrogen-bond donors (Lipinski definition) is 1. The van der Waals surface area contributed by atoms with Crippen molar-refractivity contribution >= 4 is 33.3 Å². The summed E-state index contributed by atoms with van der Waals surface area (Å²) in [5.41, 5.74) is 7.64. The molecule has 0 atom stereocenters. The molecule has 0 fully saturated rings. The third-order valence-corrected chi connectivity index (χ3v) is 6.75. The SMILES string of the molecule is COCCOCCN(Cc1ccc(-c2cc3nccc(Oc4ccc(N)cc4F)c3s2)nc1)C(=O)OC(C)(C)C. The number of amides is 1. The van der Waals surface area contributed by atoms with Gasteiger partial charge in [-0.2, -0.15) is 0 Å². The predicted molar refractivity (Wildman–Crippen MR) is 153 cm³/mol. The molecule has 40 heavy (non-hydrogen) atoms. The summed E-state index contributed by atoms with van der Waals surface area (Å²) in [6, 6.07) is 11.7. The topological polar surface area (TPSA) is 109 Å². The number of carbonyl (C=O) groups is 1. The number of anilines is 1. The lowest BCUT2D eigenvalue weighted by Crippen LogP contribution is -2.38. The maximum Gasteiger partial charge on any atom is 0.410 e. The fraction of sp³-hybridized carbons (Fsp3) is 0.345. The molecule has 9 nitrogen and oxygen atoms in total. The lowest BCUT2D eigenvalue weighted by Gasteiger charge is -2.27. The highest BCUT2D eigenvalue weighted by Gasteiger charge is 2.22. The second-order valence-corrected chi connectivity index (χ2v) is 11.0. The summed E-state index contributed by atoms with van der Waals surface area (Å²) in [5.74, 6) is 0.0287. The van der Waals surface area contributed by atoms with Gasteiger partial charge in [0.25, 0.3) is 0 Å². The van der Waals surface area contributed by atoms with E-state index in [9.17, 15) is 9.18 Å². The van der Waals surface area contributed by atoms with Crippen LogP contribution >= 0.6 is 11.3 Å². The molecule has 4 aromatic rings. The fourth-order valence-corrected chi connectivity index (χ4v) is 4.75. The van der Waals surface area contributed by atoms with Crippen LogP contribution in [0.1, 0.15) is 26.3 Å². The predicted octanol–water partition coefficient (Wildman–Crippen LogP) is 6.27. The van der Waals surface area contributed by atoms with Gasteiger partial charge < -0.3 is 29.6 Å². The molecular weight excluding hydrogens is 535 g/mol. The van der Waals surface area contributed by atoms with Gasteiger partial charge in [-0.3, -0.25) is 9.97 Å². The first-order valence-electron chi connectivity index (χ1n) is 12.7. The highest BCUT2D eigenvalue weighted by Crippen LogP contribution is 2.39. The van der Waals surface area contributed by atoms with Crippen LogP contribution in [0.5, 0.6) is 11.5 Å². The number of benzene rings is 1. The molecule has 1 aromatic carbocycles. The summed E-state index contributed by atoms with van der Waals surface area (Å²) in [6.07, 6.45) is 2.93. The summed E-state index contributed by atoms with van der Waals surface area (Å²) < 4.78 is 37.1.